The van der Waals surface area contributed by atoms with Crippen molar-refractivity contribution in [3.63, 3.8) is 0 Å². The molecule has 0 amide bonds. The van der Waals surface area contributed by atoms with Crippen LogP contribution in [0.1, 0.15) is 10.5 Å². The maximum atomic E-state index is 13.2. The Morgan fingerprint density at radius 2 is 2.31 bits per heavy atom. The summed E-state index contributed by atoms with van der Waals surface area (Å²) in [6.07, 6.45) is 0. The Morgan fingerprint density at radius 3 is 2.88 bits per heavy atom. The van der Waals surface area contributed by atoms with Gasteiger partial charge in [-0.15, -0.1) is 0 Å². The average Bonchev–Trinajstić information content (AvgIpc) is 2.57. The first-order valence-electron chi connectivity index (χ1n) is 3.94. The van der Waals surface area contributed by atoms with Crippen molar-refractivity contribution in [1.29, 1.82) is 0 Å². The first-order chi connectivity index (χ1) is 7.54. The number of carboxylic acids is 1. The summed E-state index contributed by atoms with van der Waals surface area (Å²) in [5.74, 6) is -1.91. The van der Waals surface area contributed by atoms with Crippen molar-refractivity contribution in [3.8, 4) is 0 Å². The molecule has 0 spiro atoms. The van der Waals surface area contributed by atoms with Crippen LogP contribution in [-0.2, 0) is 0 Å². The number of hydrogen-bond donors (Lipinski definition) is 1. The summed E-state index contributed by atoms with van der Waals surface area (Å²) in [7, 11) is 1.11. The van der Waals surface area contributed by atoms with Crippen LogP contribution in [0, 0.1) is 5.95 Å². The average molecular weight is 373 g/mol. The summed E-state index contributed by atoms with van der Waals surface area (Å²) >= 11 is 7.47. The zero-order valence-corrected chi connectivity index (χ0v) is 11.2. The molecule has 84 valence electrons. The molecule has 0 radical (unpaired) electrons. The van der Waals surface area contributed by atoms with Crippen LogP contribution >= 0.6 is 41.9 Å². The SMILES string of the molecule is O=C(O)c1cc2cc(Cl)c(F)nc2n1SI. The van der Waals surface area contributed by atoms with Crippen LogP contribution in [-0.4, -0.2) is 20.0 Å². The number of carbonyl (C=O) groups is 1. The third kappa shape index (κ3) is 1.87. The van der Waals surface area contributed by atoms with Crippen LogP contribution in [0.15, 0.2) is 12.1 Å². The van der Waals surface area contributed by atoms with Gasteiger partial charge in [0.2, 0.25) is 5.95 Å². The van der Waals surface area contributed by atoms with E-state index in [-0.39, 0.29) is 16.4 Å². The molecule has 0 bridgehead atoms. The molecule has 0 saturated heterocycles. The molecule has 2 aromatic rings. The summed E-state index contributed by atoms with van der Waals surface area (Å²) in [5, 5.41) is 9.31. The minimum absolute atomic E-state index is 0.0311. The van der Waals surface area contributed by atoms with E-state index in [1.165, 1.54) is 16.1 Å². The Bertz CT molecular complexity index is 589. The third-order valence-electron chi connectivity index (χ3n) is 1.93. The first-order valence-corrected chi connectivity index (χ1v) is 7.64. The van der Waals surface area contributed by atoms with Crippen molar-refractivity contribution in [2.45, 2.75) is 0 Å². The van der Waals surface area contributed by atoms with E-state index in [2.05, 4.69) is 4.98 Å². The van der Waals surface area contributed by atoms with E-state index in [4.69, 9.17) is 16.7 Å². The zero-order valence-electron chi connectivity index (χ0n) is 7.45. The fourth-order valence-electron chi connectivity index (χ4n) is 1.28. The Labute approximate surface area is 111 Å². The molecule has 0 atom stereocenters. The maximum absolute atomic E-state index is 13.2. The highest BCUT2D eigenvalue weighted by molar-refractivity contribution is 14.2. The van der Waals surface area contributed by atoms with Crippen LogP contribution < -0.4 is 0 Å². The molecule has 2 aromatic heterocycles. The molecule has 0 aliphatic rings. The number of carboxylic acid groups (broad SMARTS) is 1. The number of pyridine rings is 1. The van der Waals surface area contributed by atoms with Crippen molar-refractivity contribution in [3.05, 3.63) is 28.8 Å². The number of aromatic carboxylic acids is 1. The summed E-state index contributed by atoms with van der Waals surface area (Å²) in [6.45, 7) is 0. The van der Waals surface area contributed by atoms with Gasteiger partial charge >= 0.3 is 5.97 Å². The number of hydrogen-bond acceptors (Lipinski definition) is 3. The van der Waals surface area contributed by atoms with Gasteiger partial charge in [-0.2, -0.15) is 9.37 Å². The van der Waals surface area contributed by atoms with E-state index in [0.717, 1.165) is 9.12 Å². The van der Waals surface area contributed by atoms with Gasteiger partial charge in [0.05, 0.1) is 5.02 Å². The second-order valence-electron chi connectivity index (χ2n) is 2.87. The smallest absolute Gasteiger partial charge is 0.353 e. The number of aromatic nitrogens is 2. The zero-order chi connectivity index (χ0) is 11.9. The molecular formula is C8H3ClFIN2O2S. The Balaban J connectivity index is 2.82. The minimum Gasteiger partial charge on any atom is -0.477 e. The van der Waals surface area contributed by atoms with Crippen LogP contribution in [0.4, 0.5) is 4.39 Å². The Kier molecular flexibility index (Phi) is 3.27. The van der Waals surface area contributed by atoms with Gasteiger partial charge in [0.15, 0.2) is 5.65 Å². The quantitative estimate of drug-likeness (QED) is 0.649. The van der Waals surface area contributed by atoms with E-state index in [1.54, 1.807) is 0 Å². The molecule has 1 N–H and O–H groups in total. The van der Waals surface area contributed by atoms with Gasteiger partial charge in [-0.3, -0.25) is 3.97 Å². The lowest BCUT2D eigenvalue weighted by atomic mass is 10.3. The van der Waals surface area contributed by atoms with E-state index in [1.807, 2.05) is 21.2 Å². The predicted molar refractivity (Wildman–Crippen MR) is 68.7 cm³/mol. The topological polar surface area (TPSA) is 55.1 Å². The van der Waals surface area contributed by atoms with Gasteiger partial charge in [0.25, 0.3) is 0 Å². The van der Waals surface area contributed by atoms with Crippen molar-refractivity contribution in [2.24, 2.45) is 0 Å². The van der Waals surface area contributed by atoms with Gasteiger partial charge in [0, 0.05) is 35.7 Å². The minimum atomic E-state index is -1.10. The maximum Gasteiger partial charge on any atom is 0.353 e. The monoisotopic (exact) mass is 372 g/mol. The van der Waals surface area contributed by atoms with Crippen LogP contribution in [0.2, 0.25) is 5.02 Å². The lowest BCUT2D eigenvalue weighted by molar-refractivity contribution is 0.0690. The lowest BCUT2D eigenvalue weighted by Crippen LogP contribution is -2.02. The van der Waals surface area contributed by atoms with Crippen LogP contribution in [0.3, 0.4) is 0 Å². The predicted octanol–water partition coefficient (Wildman–Crippen LogP) is 3.37. The molecule has 0 fully saturated rings. The summed E-state index contributed by atoms with van der Waals surface area (Å²) in [5.41, 5.74) is 0.280. The van der Waals surface area contributed by atoms with Gasteiger partial charge in [-0.05, 0) is 12.1 Å². The van der Waals surface area contributed by atoms with Gasteiger partial charge in [-0.25, -0.2) is 4.79 Å². The van der Waals surface area contributed by atoms with E-state index < -0.39 is 11.9 Å². The van der Waals surface area contributed by atoms with E-state index in [9.17, 15) is 9.18 Å². The molecule has 2 heterocycles. The van der Waals surface area contributed by atoms with Crippen molar-refractivity contribution >= 4 is 58.9 Å². The molecular weight excluding hydrogens is 370 g/mol. The van der Waals surface area contributed by atoms with Gasteiger partial charge in [0.1, 0.15) is 5.69 Å². The third-order valence-corrected chi connectivity index (χ3v) is 3.89. The summed E-state index contributed by atoms with van der Waals surface area (Å²) < 4.78 is 14.5. The molecule has 16 heavy (non-hydrogen) atoms. The number of rotatable bonds is 2. The van der Waals surface area contributed by atoms with Gasteiger partial charge < -0.3 is 5.11 Å². The second-order valence-corrected chi connectivity index (χ2v) is 4.96. The molecule has 0 aliphatic carbocycles. The van der Waals surface area contributed by atoms with Crippen molar-refractivity contribution in [1.82, 2.24) is 8.96 Å². The molecule has 8 heteroatoms. The van der Waals surface area contributed by atoms with Crippen molar-refractivity contribution < 1.29 is 14.3 Å². The van der Waals surface area contributed by atoms with E-state index in [0.29, 0.717) is 5.39 Å². The largest absolute Gasteiger partial charge is 0.477 e. The van der Waals surface area contributed by atoms with Gasteiger partial charge in [-0.1, -0.05) is 11.6 Å². The standard InChI is InChI=1S/C8H3ClFIN2O2S/c9-4-1-3-2-5(8(14)15)13(16-11)7(3)12-6(4)10/h1-2H,(H,14,15). The molecule has 2 rings (SSSR count). The first kappa shape index (κ1) is 11.9. The summed E-state index contributed by atoms with van der Waals surface area (Å²) in [6, 6.07) is 2.76. The highest BCUT2D eigenvalue weighted by Gasteiger charge is 2.17. The normalized spacial score (nSPS) is 10.9. The molecule has 4 nitrogen and oxygen atoms in total. The molecule has 0 unspecified atom stereocenters. The number of halogens is 3. The molecule has 0 aliphatic heterocycles. The van der Waals surface area contributed by atoms with Crippen molar-refractivity contribution in [2.75, 3.05) is 0 Å². The lowest BCUT2D eigenvalue weighted by Gasteiger charge is -2.00. The second kappa shape index (κ2) is 4.38. The van der Waals surface area contributed by atoms with E-state index >= 15 is 0 Å². The molecule has 0 saturated carbocycles. The Hall–Kier alpha value is -0.540. The summed E-state index contributed by atoms with van der Waals surface area (Å²) in [4.78, 5) is 14.6. The Morgan fingerprint density at radius 1 is 1.62 bits per heavy atom. The number of nitrogens with zero attached hydrogens (tertiary/aromatic N) is 2. The van der Waals surface area contributed by atoms with Crippen LogP contribution in [0.25, 0.3) is 11.0 Å². The highest BCUT2D eigenvalue weighted by atomic mass is 127. The van der Waals surface area contributed by atoms with Crippen LogP contribution in [0.5, 0.6) is 0 Å². The molecule has 0 aromatic carbocycles. The fourth-order valence-corrected chi connectivity index (χ4v) is 3.05. The number of fused-ring (bicyclic) bond motifs is 1. The highest BCUT2D eigenvalue weighted by Crippen LogP contribution is 2.29. The fraction of sp³-hybridized carbons (Fsp3) is 0.